The zero-order valence-corrected chi connectivity index (χ0v) is 13.6. The van der Waals surface area contributed by atoms with Crippen molar-refractivity contribution in [3.8, 4) is 11.5 Å². The van der Waals surface area contributed by atoms with E-state index in [1.54, 1.807) is 31.4 Å². The highest BCUT2D eigenvalue weighted by molar-refractivity contribution is 5.95. The number of hydrogen-bond acceptors (Lipinski definition) is 4. The molecule has 0 radical (unpaired) electrons. The summed E-state index contributed by atoms with van der Waals surface area (Å²) in [6, 6.07) is 11.0. The number of nitrogens with zero attached hydrogens (tertiary/aromatic N) is 1. The van der Waals surface area contributed by atoms with Gasteiger partial charge in [-0.25, -0.2) is 9.82 Å². The smallest absolute Gasteiger partial charge is 0.274 e. The van der Waals surface area contributed by atoms with Crippen molar-refractivity contribution in [1.29, 1.82) is 0 Å². The first-order valence-corrected chi connectivity index (χ1v) is 7.54. The molecular weight excluding hydrogens is 311 g/mol. The maximum atomic E-state index is 13.5. The second kappa shape index (κ2) is 8.67. The molecule has 0 saturated carbocycles. The third-order valence-corrected chi connectivity index (χ3v) is 3.15. The number of halogens is 1. The summed E-state index contributed by atoms with van der Waals surface area (Å²) in [7, 11) is 1.55. The summed E-state index contributed by atoms with van der Waals surface area (Å²) in [5, 5.41) is 3.84. The van der Waals surface area contributed by atoms with Crippen LogP contribution in [0.15, 0.2) is 47.6 Å². The van der Waals surface area contributed by atoms with E-state index in [2.05, 4.69) is 10.5 Å². The fourth-order valence-corrected chi connectivity index (χ4v) is 1.97. The third kappa shape index (κ3) is 4.55. The van der Waals surface area contributed by atoms with Crippen LogP contribution in [0.4, 0.5) is 4.39 Å². The molecule has 0 saturated heterocycles. The first-order chi connectivity index (χ1) is 11.7. The van der Waals surface area contributed by atoms with Crippen molar-refractivity contribution in [3.05, 3.63) is 59.4 Å². The fourth-order valence-electron chi connectivity index (χ4n) is 1.97. The number of hydrogen-bond donors (Lipinski definition) is 1. The Hall–Kier alpha value is -2.89. The minimum atomic E-state index is -0.612. The normalized spacial score (nSPS) is 10.6. The van der Waals surface area contributed by atoms with Crippen molar-refractivity contribution in [2.24, 2.45) is 5.10 Å². The van der Waals surface area contributed by atoms with Gasteiger partial charge in [0.25, 0.3) is 5.91 Å². The number of nitrogens with one attached hydrogen (secondary N) is 1. The minimum Gasteiger partial charge on any atom is -0.493 e. The number of carbonyl (C=O) groups is 1. The second-order valence-electron chi connectivity index (χ2n) is 4.94. The molecule has 0 aromatic heterocycles. The zero-order chi connectivity index (χ0) is 17.4. The van der Waals surface area contributed by atoms with Crippen LogP contribution in [-0.4, -0.2) is 25.8 Å². The Balaban J connectivity index is 2.04. The molecule has 24 heavy (non-hydrogen) atoms. The van der Waals surface area contributed by atoms with Gasteiger partial charge in [0.15, 0.2) is 11.5 Å². The average molecular weight is 330 g/mol. The van der Waals surface area contributed by atoms with Crippen LogP contribution in [0.5, 0.6) is 11.5 Å². The third-order valence-electron chi connectivity index (χ3n) is 3.15. The second-order valence-corrected chi connectivity index (χ2v) is 4.94. The van der Waals surface area contributed by atoms with Gasteiger partial charge < -0.3 is 9.47 Å². The number of carbonyl (C=O) groups excluding carboxylic acids is 1. The van der Waals surface area contributed by atoms with Gasteiger partial charge in [0, 0.05) is 0 Å². The topological polar surface area (TPSA) is 59.9 Å². The van der Waals surface area contributed by atoms with Gasteiger partial charge in [0.05, 0.1) is 25.5 Å². The van der Waals surface area contributed by atoms with Crippen molar-refractivity contribution >= 4 is 12.1 Å². The lowest BCUT2D eigenvalue weighted by Crippen LogP contribution is -2.18. The Morgan fingerprint density at radius 3 is 2.75 bits per heavy atom. The largest absolute Gasteiger partial charge is 0.493 e. The number of methoxy groups -OCH3 is 1. The summed E-state index contributed by atoms with van der Waals surface area (Å²) in [6.45, 7) is 2.62. The van der Waals surface area contributed by atoms with Crippen LogP contribution >= 0.6 is 0 Å². The molecule has 0 bridgehead atoms. The van der Waals surface area contributed by atoms with Gasteiger partial charge in [0.2, 0.25) is 0 Å². The molecule has 2 rings (SSSR count). The van der Waals surface area contributed by atoms with E-state index in [0.29, 0.717) is 23.7 Å². The molecule has 2 aromatic rings. The standard InChI is InChI=1S/C18H19FN2O3/c1-3-10-24-16-9-8-13(11-17(16)23-2)12-20-21-18(22)14-6-4-5-7-15(14)19/h4-9,11-12H,3,10H2,1-2H3,(H,21,22)/b20-12+. The van der Waals surface area contributed by atoms with Crippen LogP contribution in [0.1, 0.15) is 29.3 Å². The summed E-state index contributed by atoms with van der Waals surface area (Å²) >= 11 is 0. The van der Waals surface area contributed by atoms with Crippen molar-refractivity contribution < 1.29 is 18.7 Å². The summed E-state index contributed by atoms with van der Waals surface area (Å²) in [5.41, 5.74) is 2.95. The number of hydrazone groups is 1. The number of ether oxygens (including phenoxy) is 2. The lowest BCUT2D eigenvalue weighted by Gasteiger charge is -2.10. The van der Waals surface area contributed by atoms with Crippen LogP contribution < -0.4 is 14.9 Å². The first kappa shape index (κ1) is 17.5. The van der Waals surface area contributed by atoms with Gasteiger partial charge in [-0.3, -0.25) is 4.79 Å². The van der Waals surface area contributed by atoms with Crippen LogP contribution in [0.3, 0.4) is 0 Å². The molecule has 5 nitrogen and oxygen atoms in total. The molecule has 0 unspecified atom stereocenters. The number of rotatable bonds is 7. The van der Waals surface area contributed by atoms with E-state index in [0.717, 1.165) is 6.42 Å². The minimum absolute atomic E-state index is 0.0597. The van der Waals surface area contributed by atoms with Crippen molar-refractivity contribution in [1.82, 2.24) is 5.43 Å². The van der Waals surface area contributed by atoms with Gasteiger partial charge in [-0.05, 0) is 42.3 Å². The Morgan fingerprint density at radius 1 is 1.25 bits per heavy atom. The summed E-state index contributed by atoms with van der Waals surface area (Å²) in [6.07, 6.45) is 2.35. The molecule has 0 atom stereocenters. The zero-order valence-electron chi connectivity index (χ0n) is 13.6. The van der Waals surface area contributed by atoms with Gasteiger partial charge in [-0.2, -0.15) is 5.10 Å². The molecule has 0 aliphatic rings. The Kier molecular flexibility index (Phi) is 6.31. The highest BCUT2D eigenvalue weighted by Crippen LogP contribution is 2.27. The quantitative estimate of drug-likeness (QED) is 0.625. The summed E-state index contributed by atoms with van der Waals surface area (Å²) in [4.78, 5) is 11.8. The Labute approximate surface area is 140 Å². The number of amides is 1. The molecule has 0 spiro atoms. The van der Waals surface area contributed by atoms with E-state index in [1.807, 2.05) is 6.92 Å². The van der Waals surface area contributed by atoms with Crippen LogP contribution in [-0.2, 0) is 0 Å². The highest BCUT2D eigenvalue weighted by atomic mass is 19.1. The van der Waals surface area contributed by atoms with E-state index in [9.17, 15) is 9.18 Å². The van der Waals surface area contributed by atoms with E-state index in [4.69, 9.17) is 9.47 Å². The molecule has 0 heterocycles. The molecule has 1 N–H and O–H groups in total. The Bertz CT molecular complexity index is 732. The predicted octanol–water partition coefficient (Wildman–Crippen LogP) is 3.39. The van der Waals surface area contributed by atoms with Gasteiger partial charge in [-0.15, -0.1) is 0 Å². The van der Waals surface area contributed by atoms with Crippen molar-refractivity contribution in [3.63, 3.8) is 0 Å². The average Bonchev–Trinajstić information content (AvgIpc) is 2.60. The van der Waals surface area contributed by atoms with Gasteiger partial charge >= 0.3 is 0 Å². The van der Waals surface area contributed by atoms with Crippen LogP contribution in [0.2, 0.25) is 0 Å². The summed E-state index contributed by atoms with van der Waals surface area (Å²) < 4.78 is 24.3. The predicted molar refractivity (Wildman–Crippen MR) is 90.2 cm³/mol. The monoisotopic (exact) mass is 330 g/mol. The van der Waals surface area contributed by atoms with Crippen molar-refractivity contribution in [2.45, 2.75) is 13.3 Å². The molecule has 2 aromatic carbocycles. The van der Waals surface area contributed by atoms with E-state index in [1.165, 1.54) is 24.4 Å². The fraction of sp³-hybridized carbons (Fsp3) is 0.222. The van der Waals surface area contributed by atoms with E-state index in [-0.39, 0.29) is 5.56 Å². The number of benzene rings is 2. The van der Waals surface area contributed by atoms with E-state index >= 15 is 0 Å². The highest BCUT2D eigenvalue weighted by Gasteiger charge is 2.09. The van der Waals surface area contributed by atoms with Gasteiger partial charge in [-0.1, -0.05) is 19.1 Å². The molecular formula is C18H19FN2O3. The molecule has 0 aliphatic carbocycles. The Morgan fingerprint density at radius 2 is 2.04 bits per heavy atom. The lowest BCUT2D eigenvalue weighted by molar-refractivity contribution is 0.0951. The summed E-state index contributed by atoms with van der Waals surface area (Å²) in [5.74, 6) is 0.0169. The molecule has 1 amide bonds. The van der Waals surface area contributed by atoms with Crippen molar-refractivity contribution in [2.75, 3.05) is 13.7 Å². The SMILES string of the molecule is CCCOc1ccc(/C=N/NC(=O)c2ccccc2F)cc1OC. The van der Waals surface area contributed by atoms with Gasteiger partial charge in [0.1, 0.15) is 5.82 Å². The molecule has 126 valence electrons. The van der Waals surface area contributed by atoms with Crippen LogP contribution in [0, 0.1) is 5.82 Å². The first-order valence-electron chi connectivity index (χ1n) is 7.54. The van der Waals surface area contributed by atoms with E-state index < -0.39 is 11.7 Å². The van der Waals surface area contributed by atoms with Crippen LogP contribution in [0.25, 0.3) is 0 Å². The molecule has 0 fully saturated rings. The lowest BCUT2D eigenvalue weighted by atomic mass is 10.2. The molecule has 0 aliphatic heterocycles. The molecule has 6 heteroatoms. The maximum Gasteiger partial charge on any atom is 0.274 e. The maximum absolute atomic E-state index is 13.5.